The summed E-state index contributed by atoms with van der Waals surface area (Å²) < 4.78 is 5.04. The van der Waals surface area contributed by atoms with Crippen molar-refractivity contribution in [2.75, 3.05) is 12.3 Å². The minimum Gasteiger partial charge on any atom is -0.444 e. The summed E-state index contributed by atoms with van der Waals surface area (Å²) in [5.41, 5.74) is 5.37. The fraction of sp³-hybridized carbons (Fsp3) is 0.417. The monoisotopic (exact) mass is 248 g/mol. The Morgan fingerprint density at radius 3 is 2.72 bits per heavy atom. The van der Waals surface area contributed by atoms with Crippen LogP contribution in [0.5, 0.6) is 0 Å². The molecule has 6 heteroatoms. The van der Waals surface area contributed by atoms with E-state index in [1.807, 2.05) is 0 Å². The number of nitrogens with zero attached hydrogens (tertiary/aromatic N) is 2. The molecule has 0 radical (unpaired) electrons. The molecule has 1 heterocycles. The van der Waals surface area contributed by atoms with Crippen molar-refractivity contribution >= 4 is 11.9 Å². The lowest BCUT2D eigenvalue weighted by molar-refractivity contribution is 0.0535. The highest BCUT2D eigenvalue weighted by Crippen LogP contribution is 2.05. The van der Waals surface area contributed by atoms with Crippen LogP contribution >= 0.6 is 0 Å². The summed E-state index contributed by atoms with van der Waals surface area (Å²) in [5, 5.41) is 9.93. The Kier molecular flexibility index (Phi) is 4.49. The van der Waals surface area contributed by atoms with E-state index < -0.39 is 11.7 Å². The molecule has 1 aromatic heterocycles. The van der Waals surface area contributed by atoms with Crippen molar-refractivity contribution in [3.8, 4) is 11.8 Å². The quantitative estimate of drug-likeness (QED) is 0.722. The maximum atomic E-state index is 11.3. The number of hydrogen-bond acceptors (Lipinski definition) is 5. The Morgan fingerprint density at radius 1 is 1.44 bits per heavy atom. The molecule has 0 aromatic carbocycles. The highest BCUT2D eigenvalue weighted by molar-refractivity contribution is 5.68. The van der Waals surface area contributed by atoms with Crippen LogP contribution in [0.3, 0.4) is 0 Å². The molecule has 0 saturated heterocycles. The molecule has 3 N–H and O–H groups in total. The van der Waals surface area contributed by atoms with Gasteiger partial charge in [-0.05, 0) is 38.8 Å². The highest BCUT2D eigenvalue weighted by atomic mass is 16.6. The summed E-state index contributed by atoms with van der Waals surface area (Å²) in [6.45, 7) is 5.56. The SMILES string of the molecule is CC(C)(C)OC(=O)NCC#Cc1ccc(N)nn1. The lowest BCUT2D eigenvalue weighted by atomic mass is 10.2. The largest absolute Gasteiger partial charge is 0.444 e. The van der Waals surface area contributed by atoms with Gasteiger partial charge in [-0.1, -0.05) is 5.92 Å². The number of nitrogens with one attached hydrogen (secondary N) is 1. The van der Waals surface area contributed by atoms with Gasteiger partial charge < -0.3 is 15.8 Å². The molecule has 1 aromatic rings. The summed E-state index contributed by atoms with van der Waals surface area (Å²) in [4.78, 5) is 11.3. The molecule has 0 saturated carbocycles. The molecule has 0 aliphatic rings. The Balaban J connectivity index is 2.38. The van der Waals surface area contributed by atoms with E-state index >= 15 is 0 Å². The molecule has 0 atom stereocenters. The van der Waals surface area contributed by atoms with E-state index in [0.717, 1.165) is 0 Å². The van der Waals surface area contributed by atoms with Crippen LogP contribution in [0.1, 0.15) is 26.5 Å². The van der Waals surface area contributed by atoms with Crippen LogP contribution in [-0.4, -0.2) is 28.4 Å². The van der Waals surface area contributed by atoms with Crippen molar-refractivity contribution in [1.29, 1.82) is 0 Å². The second-order valence-corrected chi connectivity index (χ2v) is 4.50. The van der Waals surface area contributed by atoms with Crippen LogP contribution < -0.4 is 11.1 Å². The van der Waals surface area contributed by atoms with Crippen molar-refractivity contribution in [2.24, 2.45) is 0 Å². The number of alkyl carbamates (subject to hydrolysis) is 1. The zero-order chi connectivity index (χ0) is 13.6. The number of carbonyl (C=O) groups excluding carboxylic acids is 1. The molecule has 96 valence electrons. The van der Waals surface area contributed by atoms with Crippen molar-refractivity contribution in [1.82, 2.24) is 15.5 Å². The number of nitrogens with two attached hydrogens (primary N) is 1. The molecule has 0 unspecified atom stereocenters. The summed E-state index contributed by atoms with van der Waals surface area (Å²) >= 11 is 0. The number of ether oxygens (including phenoxy) is 1. The Bertz CT molecular complexity index is 466. The first-order valence-corrected chi connectivity index (χ1v) is 5.42. The highest BCUT2D eigenvalue weighted by Gasteiger charge is 2.14. The van der Waals surface area contributed by atoms with Gasteiger partial charge in [-0.25, -0.2) is 4.79 Å². The lowest BCUT2D eigenvalue weighted by Gasteiger charge is -2.18. The van der Waals surface area contributed by atoms with E-state index in [2.05, 4.69) is 27.4 Å². The van der Waals surface area contributed by atoms with Gasteiger partial charge in [-0.2, -0.15) is 0 Å². The minimum absolute atomic E-state index is 0.182. The van der Waals surface area contributed by atoms with E-state index in [1.54, 1.807) is 32.9 Å². The third-order valence-corrected chi connectivity index (χ3v) is 1.62. The average molecular weight is 248 g/mol. The lowest BCUT2D eigenvalue weighted by Crippen LogP contribution is -2.32. The van der Waals surface area contributed by atoms with E-state index in [4.69, 9.17) is 10.5 Å². The third kappa shape index (κ3) is 5.70. The summed E-state index contributed by atoms with van der Waals surface area (Å²) in [6, 6.07) is 3.26. The van der Waals surface area contributed by atoms with Crippen molar-refractivity contribution in [3.63, 3.8) is 0 Å². The minimum atomic E-state index is -0.514. The van der Waals surface area contributed by atoms with Gasteiger partial charge >= 0.3 is 6.09 Å². The van der Waals surface area contributed by atoms with Gasteiger partial charge in [0, 0.05) is 0 Å². The zero-order valence-corrected chi connectivity index (χ0v) is 10.7. The summed E-state index contributed by atoms with van der Waals surface area (Å²) in [6.07, 6.45) is -0.500. The predicted octanol–water partition coefficient (Wildman–Crippen LogP) is 0.935. The second kappa shape index (κ2) is 5.87. The fourth-order valence-corrected chi connectivity index (χ4v) is 0.975. The van der Waals surface area contributed by atoms with Gasteiger partial charge in [0.05, 0.1) is 6.54 Å². The normalized spacial score (nSPS) is 10.2. The molecule has 6 nitrogen and oxygen atoms in total. The third-order valence-electron chi connectivity index (χ3n) is 1.62. The van der Waals surface area contributed by atoms with Crippen LogP contribution in [0.4, 0.5) is 10.6 Å². The van der Waals surface area contributed by atoms with E-state index in [1.165, 1.54) is 0 Å². The first kappa shape index (κ1) is 13.8. The number of hydrogen-bond donors (Lipinski definition) is 2. The smallest absolute Gasteiger partial charge is 0.408 e. The standard InChI is InChI=1S/C12H16N4O2/c1-12(2,3)18-11(17)14-8-4-5-9-6-7-10(13)16-15-9/h6-7H,8H2,1-3H3,(H2,13,16)(H,14,17). The van der Waals surface area contributed by atoms with Gasteiger partial charge in [-0.3, -0.25) is 0 Å². The van der Waals surface area contributed by atoms with Crippen LogP contribution in [-0.2, 0) is 4.74 Å². The number of rotatable bonds is 1. The fourth-order valence-electron chi connectivity index (χ4n) is 0.975. The topological polar surface area (TPSA) is 90.1 Å². The number of aromatic nitrogens is 2. The summed E-state index contributed by atoms with van der Waals surface area (Å²) in [7, 11) is 0. The van der Waals surface area contributed by atoms with Gasteiger partial charge in [0.1, 0.15) is 17.1 Å². The Hall–Kier alpha value is -2.29. The molecule has 1 amide bonds. The number of amides is 1. The zero-order valence-electron chi connectivity index (χ0n) is 10.7. The molecular formula is C12H16N4O2. The van der Waals surface area contributed by atoms with Crippen LogP contribution in [0.25, 0.3) is 0 Å². The van der Waals surface area contributed by atoms with Crippen LogP contribution in [0.2, 0.25) is 0 Å². The molecule has 0 aliphatic heterocycles. The average Bonchev–Trinajstić information content (AvgIpc) is 2.24. The van der Waals surface area contributed by atoms with Crippen molar-refractivity contribution < 1.29 is 9.53 Å². The molecular weight excluding hydrogens is 232 g/mol. The van der Waals surface area contributed by atoms with Gasteiger partial charge in [0.2, 0.25) is 0 Å². The van der Waals surface area contributed by atoms with E-state index in [9.17, 15) is 4.79 Å². The summed E-state index contributed by atoms with van der Waals surface area (Å²) in [5.74, 6) is 5.81. The van der Waals surface area contributed by atoms with E-state index in [0.29, 0.717) is 11.5 Å². The molecule has 0 bridgehead atoms. The number of nitrogen functional groups attached to an aromatic ring is 1. The van der Waals surface area contributed by atoms with Gasteiger partial charge in [0.15, 0.2) is 0 Å². The molecule has 0 spiro atoms. The predicted molar refractivity (Wildman–Crippen MR) is 67.6 cm³/mol. The van der Waals surface area contributed by atoms with Crippen molar-refractivity contribution in [3.05, 3.63) is 17.8 Å². The second-order valence-electron chi connectivity index (χ2n) is 4.50. The van der Waals surface area contributed by atoms with Crippen molar-refractivity contribution in [2.45, 2.75) is 26.4 Å². The van der Waals surface area contributed by atoms with Crippen LogP contribution in [0, 0.1) is 11.8 Å². The molecule has 0 fully saturated rings. The molecule has 18 heavy (non-hydrogen) atoms. The Morgan fingerprint density at radius 2 is 2.17 bits per heavy atom. The first-order chi connectivity index (χ1) is 8.37. The van der Waals surface area contributed by atoms with Gasteiger partial charge in [-0.15, -0.1) is 10.2 Å². The maximum Gasteiger partial charge on any atom is 0.408 e. The van der Waals surface area contributed by atoms with Crippen LogP contribution in [0.15, 0.2) is 12.1 Å². The number of carbonyl (C=O) groups is 1. The maximum absolute atomic E-state index is 11.3. The molecule has 0 aliphatic carbocycles. The van der Waals surface area contributed by atoms with E-state index in [-0.39, 0.29) is 6.54 Å². The Labute approximate surface area is 106 Å². The first-order valence-electron chi connectivity index (χ1n) is 5.42. The number of anilines is 1. The van der Waals surface area contributed by atoms with Gasteiger partial charge in [0.25, 0.3) is 0 Å². The molecule has 1 rings (SSSR count).